The van der Waals surface area contributed by atoms with Crippen LogP contribution in [0.3, 0.4) is 0 Å². The van der Waals surface area contributed by atoms with Gasteiger partial charge in [-0.25, -0.2) is 14.6 Å². The molecule has 2 aliphatic rings. The third kappa shape index (κ3) is 9.25. The molecule has 2 aliphatic heterocycles. The van der Waals surface area contributed by atoms with E-state index in [1.54, 1.807) is 44.8 Å². The molecule has 1 unspecified atom stereocenters. The maximum atomic E-state index is 14.0. The zero-order valence-electron chi connectivity index (χ0n) is 29.5. The van der Waals surface area contributed by atoms with Gasteiger partial charge in [0.25, 0.3) is 0 Å². The van der Waals surface area contributed by atoms with E-state index in [0.29, 0.717) is 69.8 Å². The SMILES string of the molecule is COc1ccc([C@H](Cc2c(Cl)c[nH+]cc2Cl)OC(=O)c2ccc(CN(C3COC3)C(C(=O)OCC3CCN(C)CC3)c3ccccc3)s2)cc1OC. The summed E-state index contributed by atoms with van der Waals surface area (Å²) in [5.41, 5.74) is 2.17. The highest BCUT2D eigenvalue weighted by molar-refractivity contribution is 7.13. The van der Waals surface area contributed by atoms with Gasteiger partial charge in [0.05, 0.1) is 40.1 Å². The minimum Gasteiger partial charge on any atom is -0.493 e. The van der Waals surface area contributed by atoms with Gasteiger partial charge >= 0.3 is 11.9 Å². The summed E-state index contributed by atoms with van der Waals surface area (Å²) in [7, 11) is 5.23. The van der Waals surface area contributed by atoms with Crippen molar-refractivity contribution >= 4 is 46.5 Å². The smallest absolute Gasteiger partial charge is 0.348 e. The predicted molar refractivity (Wildman–Crippen MR) is 199 cm³/mol. The van der Waals surface area contributed by atoms with Gasteiger partial charge in [-0.1, -0.05) is 59.6 Å². The first kappa shape index (κ1) is 38.0. The molecule has 1 N–H and O–H groups in total. The van der Waals surface area contributed by atoms with Gasteiger partial charge in [-0.3, -0.25) is 4.90 Å². The molecule has 276 valence electrons. The highest BCUT2D eigenvalue weighted by Gasteiger charge is 2.38. The number of methoxy groups -OCH3 is 2. The summed E-state index contributed by atoms with van der Waals surface area (Å²) in [6, 6.07) is 18.1. The van der Waals surface area contributed by atoms with E-state index in [1.807, 2.05) is 42.5 Å². The van der Waals surface area contributed by atoms with Gasteiger partial charge in [-0.05, 0) is 74.3 Å². The maximum Gasteiger partial charge on any atom is 0.348 e. The van der Waals surface area contributed by atoms with E-state index in [9.17, 15) is 9.59 Å². The van der Waals surface area contributed by atoms with Crippen molar-refractivity contribution in [3.05, 3.63) is 110 Å². The third-order valence-electron chi connectivity index (χ3n) is 9.68. The van der Waals surface area contributed by atoms with Crippen LogP contribution in [0.2, 0.25) is 10.0 Å². The van der Waals surface area contributed by atoms with Crippen molar-refractivity contribution in [2.75, 3.05) is 54.2 Å². The number of halogens is 2. The molecular weight excluding hydrogens is 725 g/mol. The van der Waals surface area contributed by atoms with E-state index in [2.05, 4.69) is 21.8 Å². The second kappa shape index (κ2) is 17.9. The third-order valence-corrected chi connectivity index (χ3v) is 11.4. The zero-order valence-corrected chi connectivity index (χ0v) is 31.8. The Morgan fingerprint density at radius 1 is 0.962 bits per heavy atom. The van der Waals surface area contributed by atoms with Gasteiger partial charge in [0.15, 0.2) is 23.9 Å². The number of nitrogens with zero attached hydrogens (tertiary/aromatic N) is 2. The summed E-state index contributed by atoms with van der Waals surface area (Å²) in [6.07, 6.45) is 4.75. The van der Waals surface area contributed by atoms with Crippen LogP contribution in [0.5, 0.6) is 11.5 Å². The number of likely N-dealkylation sites (tertiary alicyclic amines) is 1. The number of aromatic amines is 1. The van der Waals surface area contributed by atoms with Crippen molar-refractivity contribution in [1.82, 2.24) is 9.80 Å². The molecule has 4 heterocycles. The lowest BCUT2D eigenvalue weighted by Gasteiger charge is -2.41. The van der Waals surface area contributed by atoms with Crippen LogP contribution in [-0.2, 0) is 32.0 Å². The number of carbonyl (C=O) groups is 2. The van der Waals surface area contributed by atoms with E-state index in [0.717, 1.165) is 36.4 Å². The topological polar surface area (TPSA) is 101 Å². The molecular formula is C39H44Cl2N3O7S+. The van der Waals surface area contributed by atoms with Crippen LogP contribution in [0.1, 0.15) is 56.2 Å². The highest BCUT2D eigenvalue weighted by atomic mass is 35.5. The first-order valence-corrected chi connectivity index (χ1v) is 18.9. The standard InChI is InChI=1S/C39H43Cl2N3O7S/c1-43-15-13-25(14-16-43)22-50-39(46)37(26-7-5-4-6-8-26)44(28-23-49-24-28)21-29-10-12-36(52-29)38(45)51-34(18-30-31(40)19-42-20-32(30)41)27-9-11-33(47-2)35(17-27)48-3/h4-12,17,19-20,25,28,34,37H,13-16,18,21-24H2,1-3H3/p+1/t34-,37?/m0/s1. The monoisotopic (exact) mass is 768 g/mol. The van der Waals surface area contributed by atoms with Crippen molar-refractivity contribution < 1.29 is 38.3 Å². The van der Waals surface area contributed by atoms with Gasteiger partial charge in [-0.2, -0.15) is 0 Å². The van der Waals surface area contributed by atoms with E-state index in [1.165, 1.54) is 11.3 Å². The fourth-order valence-electron chi connectivity index (χ4n) is 6.53. The molecule has 2 atom stereocenters. The molecule has 0 aliphatic carbocycles. The summed E-state index contributed by atoms with van der Waals surface area (Å²) in [6.45, 7) is 3.82. The summed E-state index contributed by atoms with van der Waals surface area (Å²) >= 11 is 14.4. The molecule has 0 bridgehead atoms. The molecule has 0 saturated carbocycles. The van der Waals surface area contributed by atoms with Gasteiger partial charge in [0, 0.05) is 23.4 Å². The van der Waals surface area contributed by atoms with Crippen LogP contribution in [0.15, 0.2) is 73.1 Å². The van der Waals surface area contributed by atoms with Crippen LogP contribution < -0.4 is 14.5 Å². The molecule has 2 aromatic carbocycles. The second-order valence-electron chi connectivity index (χ2n) is 13.2. The van der Waals surface area contributed by atoms with Crippen LogP contribution in [0.25, 0.3) is 0 Å². The number of rotatable bonds is 15. The van der Waals surface area contributed by atoms with Crippen molar-refractivity contribution in [1.29, 1.82) is 0 Å². The molecule has 10 nitrogen and oxygen atoms in total. The number of esters is 2. The lowest BCUT2D eigenvalue weighted by molar-refractivity contribution is -0.377. The lowest BCUT2D eigenvalue weighted by Crippen LogP contribution is -2.52. The zero-order chi connectivity index (χ0) is 36.6. The first-order chi connectivity index (χ1) is 25.2. The van der Waals surface area contributed by atoms with Crippen LogP contribution in [0.4, 0.5) is 0 Å². The van der Waals surface area contributed by atoms with Crippen LogP contribution in [-0.4, -0.2) is 82.0 Å². The molecule has 4 aromatic rings. The fraction of sp³-hybridized carbons (Fsp3) is 0.410. The Bertz CT molecular complexity index is 1790. The van der Waals surface area contributed by atoms with Gasteiger partial charge in [-0.15, -0.1) is 11.3 Å². The highest BCUT2D eigenvalue weighted by Crippen LogP contribution is 2.37. The average molecular weight is 770 g/mol. The van der Waals surface area contributed by atoms with E-state index < -0.39 is 18.1 Å². The minimum absolute atomic E-state index is 0.00522. The number of carbonyl (C=O) groups excluding carboxylic acids is 2. The molecule has 2 fully saturated rings. The molecule has 0 radical (unpaired) electrons. The quantitative estimate of drug-likeness (QED) is 0.120. The first-order valence-electron chi connectivity index (χ1n) is 17.3. The molecule has 0 amide bonds. The fourth-order valence-corrected chi connectivity index (χ4v) is 7.96. The number of pyridine rings is 1. The Hall–Kier alpha value is -3.71. The van der Waals surface area contributed by atoms with Crippen LogP contribution >= 0.6 is 34.5 Å². The Balaban J connectivity index is 1.22. The average Bonchev–Trinajstić information content (AvgIpc) is 3.60. The van der Waals surface area contributed by atoms with Gasteiger partial charge in [0.1, 0.15) is 27.1 Å². The molecule has 6 rings (SSSR count). The second-order valence-corrected chi connectivity index (χ2v) is 15.1. The summed E-state index contributed by atoms with van der Waals surface area (Å²) in [5, 5.41) is 0.843. The van der Waals surface area contributed by atoms with Crippen molar-refractivity contribution in [3.63, 3.8) is 0 Å². The number of aromatic nitrogens is 1. The Morgan fingerprint density at radius 3 is 2.33 bits per heavy atom. The van der Waals surface area contributed by atoms with Crippen molar-refractivity contribution in [3.8, 4) is 11.5 Å². The molecule has 13 heteroatoms. The van der Waals surface area contributed by atoms with E-state index in [4.69, 9.17) is 46.9 Å². The van der Waals surface area contributed by atoms with Crippen molar-refractivity contribution in [2.45, 2.75) is 44.0 Å². The number of hydrogen-bond acceptors (Lipinski definition) is 10. The molecule has 0 spiro atoms. The Morgan fingerprint density at radius 2 is 1.67 bits per heavy atom. The molecule has 2 saturated heterocycles. The number of piperidine rings is 1. The number of benzene rings is 2. The lowest BCUT2D eigenvalue weighted by atomic mass is 9.98. The largest absolute Gasteiger partial charge is 0.493 e. The molecule has 52 heavy (non-hydrogen) atoms. The summed E-state index contributed by atoms with van der Waals surface area (Å²) in [4.78, 5) is 36.5. The predicted octanol–water partition coefficient (Wildman–Crippen LogP) is 6.85. The summed E-state index contributed by atoms with van der Waals surface area (Å²) in [5.74, 6) is 0.614. The Labute approximate surface area is 318 Å². The Kier molecular flexibility index (Phi) is 13.1. The van der Waals surface area contributed by atoms with Gasteiger partial charge in [0.2, 0.25) is 0 Å². The molecule has 2 aromatic heterocycles. The minimum atomic E-state index is -0.749. The maximum absolute atomic E-state index is 14.0. The number of nitrogens with one attached hydrogen (secondary N) is 1. The normalized spacial score (nSPS) is 16.6. The number of hydrogen-bond donors (Lipinski definition) is 0. The van der Waals surface area contributed by atoms with Crippen LogP contribution in [0, 0.1) is 5.92 Å². The van der Waals surface area contributed by atoms with Gasteiger partial charge < -0.3 is 28.6 Å². The number of H-pyrrole nitrogens is 1. The summed E-state index contributed by atoms with van der Waals surface area (Å²) < 4.78 is 28.8. The van der Waals surface area contributed by atoms with Crippen molar-refractivity contribution in [2.24, 2.45) is 5.92 Å². The van der Waals surface area contributed by atoms with E-state index in [-0.39, 0.29) is 18.4 Å². The number of thiophene rings is 1. The number of ether oxygens (including phenoxy) is 5. The van der Waals surface area contributed by atoms with E-state index >= 15 is 0 Å².